The van der Waals surface area contributed by atoms with Crippen molar-refractivity contribution in [1.29, 1.82) is 0 Å². The summed E-state index contributed by atoms with van der Waals surface area (Å²) < 4.78 is 30.9. The van der Waals surface area contributed by atoms with E-state index in [1.165, 1.54) is 12.1 Å². The second kappa shape index (κ2) is 8.32. The molecule has 0 aliphatic rings. The highest BCUT2D eigenvalue weighted by Crippen LogP contribution is 2.31. The summed E-state index contributed by atoms with van der Waals surface area (Å²) in [5.74, 6) is 1.39. The lowest BCUT2D eigenvalue weighted by molar-refractivity contribution is -0.917. The molecule has 3 rings (SSSR count). The first-order valence-corrected chi connectivity index (χ1v) is 8.77. The zero-order valence-electron chi connectivity index (χ0n) is 15.4. The van der Waals surface area contributed by atoms with Crippen LogP contribution in [0.3, 0.4) is 0 Å². The average Bonchev–Trinajstić information content (AvgIpc) is 3.03. The largest absolute Gasteiger partial charge is 0.493 e. The molecule has 1 atom stereocenters. The van der Waals surface area contributed by atoms with E-state index in [0.29, 0.717) is 35.4 Å². The van der Waals surface area contributed by atoms with Gasteiger partial charge in [-0.3, -0.25) is 0 Å². The zero-order chi connectivity index (χ0) is 19.4. The van der Waals surface area contributed by atoms with Crippen molar-refractivity contribution < 1.29 is 23.2 Å². The normalized spacial score (nSPS) is 12.0. The average molecular weight is 390 g/mol. The van der Waals surface area contributed by atoms with Crippen molar-refractivity contribution >= 4 is 12.2 Å². The molecule has 27 heavy (non-hydrogen) atoms. The molecule has 0 radical (unpaired) electrons. The van der Waals surface area contributed by atoms with Crippen LogP contribution in [0.4, 0.5) is 4.39 Å². The fourth-order valence-electron chi connectivity index (χ4n) is 2.75. The van der Waals surface area contributed by atoms with Gasteiger partial charge >= 0.3 is 0 Å². The molecule has 1 unspecified atom stereocenters. The lowest BCUT2D eigenvalue weighted by Gasteiger charge is -2.13. The van der Waals surface area contributed by atoms with Crippen molar-refractivity contribution in [3.8, 4) is 23.0 Å². The third kappa shape index (κ3) is 4.53. The van der Waals surface area contributed by atoms with Crippen molar-refractivity contribution in [3.05, 3.63) is 58.7 Å². The number of nitrogens with one attached hydrogen (secondary N) is 1. The number of hydrogen-bond donors (Lipinski definition) is 1. The molecule has 0 aliphatic carbocycles. The molecular formula is C19H21FN3O3S+. The minimum absolute atomic E-state index is 0.241. The monoisotopic (exact) mass is 390 g/mol. The van der Waals surface area contributed by atoms with E-state index in [1.54, 1.807) is 43.2 Å². The Morgan fingerprint density at radius 1 is 1.11 bits per heavy atom. The molecule has 0 amide bonds. The van der Waals surface area contributed by atoms with E-state index in [9.17, 15) is 4.39 Å². The maximum Gasteiger partial charge on any atom is 0.292 e. The maximum atomic E-state index is 13.0. The van der Waals surface area contributed by atoms with E-state index in [-0.39, 0.29) is 5.82 Å². The first-order chi connectivity index (χ1) is 13.0. The van der Waals surface area contributed by atoms with Crippen molar-refractivity contribution in [2.75, 3.05) is 21.3 Å². The van der Waals surface area contributed by atoms with E-state index in [0.717, 1.165) is 16.0 Å². The number of methoxy groups -OCH3 is 2. The summed E-state index contributed by atoms with van der Waals surface area (Å²) in [5.41, 5.74) is 1.78. The summed E-state index contributed by atoms with van der Waals surface area (Å²) in [4.78, 5) is 1.42. The quantitative estimate of drug-likeness (QED) is 0.629. The molecule has 0 saturated heterocycles. The summed E-state index contributed by atoms with van der Waals surface area (Å²) in [5, 5.41) is 4.48. The SMILES string of the molecule is COc1ccc(-c2nn(C[NH+](C)Cc3ccc(F)cc3)c(=S)o2)cc1OC. The Morgan fingerprint density at radius 2 is 1.81 bits per heavy atom. The van der Waals surface area contributed by atoms with Gasteiger partial charge in [-0.2, -0.15) is 4.68 Å². The van der Waals surface area contributed by atoms with Crippen molar-refractivity contribution in [3.63, 3.8) is 0 Å². The lowest BCUT2D eigenvalue weighted by Crippen LogP contribution is -3.07. The summed E-state index contributed by atoms with van der Waals surface area (Å²) in [6.45, 7) is 1.23. The Hall–Kier alpha value is -2.71. The third-order valence-electron chi connectivity index (χ3n) is 4.08. The van der Waals surface area contributed by atoms with Gasteiger partial charge in [-0.05, 0) is 42.5 Å². The number of halogens is 1. The minimum atomic E-state index is -0.241. The Bertz CT molecular complexity index is 969. The van der Waals surface area contributed by atoms with Gasteiger partial charge < -0.3 is 18.8 Å². The Kier molecular flexibility index (Phi) is 5.88. The summed E-state index contributed by atoms with van der Waals surface area (Å²) in [6, 6.07) is 11.9. The second-order valence-corrected chi connectivity index (χ2v) is 6.51. The number of quaternary nitrogens is 1. The van der Waals surface area contributed by atoms with E-state index >= 15 is 0 Å². The number of nitrogens with zero attached hydrogens (tertiary/aromatic N) is 2. The highest BCUT2D eigenvalue weighted by molar-refractivity contribution is 7.71. The standard InChI is InChI=1S/C19H20FN3O3S/c1-22(11-13-4-7-15(20)8-5-13)12-23-19(27)26-18(21-23)14-6-9-16(24-2)17(10-14)25-3/h4-10H,11-12H2,1-3H3/p+1. The molecule has 1 N–H and O–H groups in total. The number of rotatable bonds is 7. The van der Waals surface area contributed by atoms with Crippen LogP contribution in [0.1, 0.15) is 5.56 Å². The predicted octanol–water partition coefficient (Wildman–Crippen LogP) is 2.70. The fraction of sp³-hybridized carbons (Fsp3) is 0.263. The maximum absolute atomic E-state index is 13.0. The van der Waals surface area contributed by atoms with Crippen LogP contribution in [0.5, 0.6) is 11.5 Å². The summed E-state index contributed by atoms with van der Waals surface area (Å²) in [6.07, 6.45) is 0. The van der Waals surface area contributed by atoms with Crippen molar-refractivity contribution in [2.24, 2.45) is 0 Å². The number of aromatic nitrogens is 2. The molecule has 0 spiro atoms. The third-order valence-corrected chi connectivity index (χ3v) is 4.37. The van der Waals surface area contributed by atoms with Gasteiger partial charge in [0.05, 0.1) is 21.3 Å². The molecular weight excluding hydrogens is 369 g/mol. The number of hydrogen-bond acceptors (Lipinski definition) is 5. The van der Waals surface area contributed by atoms with Crippen LogP contribution in [0.25, 0.3) is 11.5 Å². The van der Waals surface area contributed by atoms with Gasteiger partial charge in [-0.1, -0.05) is 12.1 Å². The smallest absolute Gasteiger partial charge is 0.292 e. The number of benzene rings is 2. The molecule has 3 aromatic rings. The molecule has 0 fully saturated rings. The van der Waals surface area contributed by atoms with Crippen molar-refractivity contribution in [1.82, 2.24) is 9.78 Å². The predicted molar refractivity (Wildman–Crippen MR) is 101 cm³/mol. The van der Waals surface area contributed by atoms with E-state index in [1.807, 2.05) is 13.1 Å². The lowest BCUT2D eigenvalue weighted by atomic mass is 10.2. The Morgan fingerprint density at radius 3 is 2.48 bits per heavy atom. The fourth-order valence-corrected chi connectivity index (χ4v) is 2.94. The van der Waals surface area contributed by atoms with Crippen molar-refractivity contribution in [2.45, 2.75) is 13.2 Å². The van der Waals surface area contributed by atoms with Crippen LogP contribution < -0.4 is 14.4 Å². The van der Waals surface area contributed by atoms with Gasteiger partial charge in [0, 0.05) is 11.1 Å². The first-order valence-electron chi connectivity index (χ1n) is 8.36. The Labute approximate surface area is 161 Å². The van der Waals surface area contributed by atoms with Crippen LogP contribution in [0.15, 0.2) is 46.9 Å². The molecule has 6 nitrogen and oxygen atoms in total. The molecule has 0 aliphatic heterocycles. The highest BCUT2D eigenvalue weighted by Gasteiger charge is 2.14. The van der Waals surface area contributed by atoms with Gasteiger partial charge in [0.25, 0.3) is 4.84 Å². The Balaban J connectivity index is 1.76. The van der Waals surface area contributed by atoms with Gasteiger partial charge in [-0.25, -0.2) is 4.39 Å². The van der Waals surface area contributed by atoms with Gasteiger partial charge in [0.2, 0.25) is 5.89 Å². The molecule has 142 valence electrons. The van der Waals surface area contributed by atoms with Crippen LogP contribution in [-0.4, -0.2) is 31.0 Å². The van der Waals surface area contributed by atoms with Gasteiger partial charge in [-0.15, -0.1) is 5.10 Å². The van der Waals surface area contributed by atoms with Crippen LogP contribution in [0, 0.1) is 10.7 Å². The van der Waals surface area contributed by atoms with E-state index in [4.69, 9.17) is 26.1 Å². The van der Waals surface area contributed by atoms with Gasteiger partial charge in [0.15, 0.2) is 18.2 Å². The van der Waals surface area contributed by atoms with E-state index in [2.05, 4.69) is 5.10 Å². The van der Waals surface area contributed by atoms with Crippen LogP contribution >= 0.6 is 12.2 Å². The summed E-state index contributed by atoms with van der Waals surface area (Å²) in [7, 11) is 5.16. The van der Waals surface area contributed by atoms with Crippen LogP contribution in [-0.2, 0) is 13.2 Å². The molecule has 1 heterocycles. The molecule has 1 aromatic heterocycles. The molecule has 0 saturated carbocycles. The highest BCUT2D eigenvalue weighted by atomic mass is 32.1. The van der Waals surface area contributed by atoms with E-state index < -0.39 is 0 Å². The molecule has 8 heteroatoms. The van der Waals surface area contributed by atoms with Gasteiger partial charge in [0.1, 0.15) is 12.4 Å². The topological polar surface area (TPSA) is 53.9 Å². The zero-order valence-corrected chi connectivity index (χ0v) is 16.2. The molecule has 2 aromatic carbocycles. The minimum Gasteiger partial charge on any atom is -0.493 e. The first kappa shape index (κ1) is 19.1. The van der Waals surface area contributed by atoms with Crippen LogP contribution in [0.2, 0.25) is 0 Å². The summed E-state index contributed by atoms with van der Waals surface area (Å²) >= 11 is 5.30. The number of ether oxygens (including phenoxy) is 2. The molecule has 0 bridgehead atoms. The second-order valence-electron chi connectivity index (χ2n) is 6.16.